The normalized spacial score (nSPS) is 22.3. The molecule has 1 unspecified atom stereocenters. The first-order valence-corrected chi connectivity index (χ1v) is 6.20. The summed E-state index contributed by atoms with van der Waals surface area (Å²) < 4.78 is 13.6. The van der Waals surface area contributed by atoms with Crippen LogP contribution in [0.5, 0.6) is 0 Å². The molecule has 1 fully saturated rings. The molecule has 0 amide bonds. The van der Waals surface area contributed by atoms with Crippen molar-refractivity contribution in [1.29, 1.82) is 0 Å². The van der Waals surface area contributed by atoms with Crippen molar-refractivity contribution in [3.8, 4) is 0 Å². The molecule has 0 spiro atoms. The van der Waals surface area contributed by atoms with Crippen LogP contribution in [0.1, 0.15) is 25.3 Å². The van der Waals surface area contributed by atoms with Crippen LogP contribution in [0.15, 0.2) is 18.2 Å². The number of benzene rings is 1. The molecule has 1 atom stereocenters. The van der Waals surface area contributed by atoms with Gasteiger partial charge in [-0.15, -0.1) is 0 Å². The van der Waals surface area contributed by atoms with Crippen LogP contribution in [0.3, 0.4) is 0 Å². The highest BCUT2D eigenvalue weighted by molar-refractivity contribution is 6.31. The molecular formula is C13H17ClFN. The summed E-state index contributed by atoms with van der Waals surface area (Å²) >= 11 is 6.02. The van der Waals surface area contributed by atoms with Crippen molar-refractivity contribution in [3.63, 3.8) is 0 Å². The average Bonchev–Trinajstić information content (AvgIpc) is 2.24. The number of hydrogen-bond acceptors (Lipinski definition) is 1. The molecule has 1 saturated heterocycles. The standard InChI is InChI=1S/C13H17ClFN/c1-10-4-3-7-16(8-10)9-11-12(14)5-2-6-13(11)15/h2,5-6,10H,3-4,7-9H2,1H3. The van der Waals surface area contributed by atoms with E-state index in [1.165, 1.54) is 18.9 Å². The van der Waals surface area contributed by atoms with Gasteiger partial charge < -0.3 is 0 Å². The van der Waals surface area contributed by atoms with Gasteiger partial charge in [0.2, 0.25) is 0 Å². The van der Waals surface area contributed by atoms with Gasteiger partial charge in [0.15, 0.2) is 0 Å². The van der Waals surface area contributed by atoms with Crippen molar-refractivity contribution in [2.75, 3.05) is 13.1 Å². The van der Waals surface area contributed by atoms with Crippen LogP contribution in [0.2, 0.25) is 5.02 Å². The fourth-order valence-corrected chi connectivity index (χ4v) is 2.56. The largest absolute Gasteiger partial charge is 0.299 e. The monoisotopic (exact) mass is 241 g/mol. The lowest BCUT2D eigenvalue weighted by Crippen LogP contribution is -2.34. The van der Waals surface area contributed by atoms with E-state index in [0.717, 1.165) is 13.1 Å². The van der Waals surface area contributed by atoms with Gasteiger partial charge in [0.25, 0.3) is 0 Å². The molecular weight excluding hydrogens is 225 g/mol. The molecule has 0 N–H and O–H groups in total. The minimum absolute atomic E-state index is 0.189. The van der Waals surface area contributed by atoms with Crippen LogP contribution in [0.4, 0.5) is 4.39 Å². The predicted octanol–water partition coefficient (Wildman–Crippen LogP) is 3.71. The summed E-state index contributed by atoms with van der Waals surface area (Å²) in [6.07, 6.45) is 2.48. The fourth-order valence-electron chi connectivity index (χ4n) is 2.34. The Morgan fingerprint density at radius 2 is 2.31 bits per heavy atom. The summed E-state index contributed by atoms with van der Waals surface area (Å²) in [6, 6.07) is 4.89. The Morgan fingerprint density at radius 3 is 3.00 bits per heavy atom. The van der Waals surface area contributed by atoms with Crippen molar-refractivity contribution in [2.45, 2.75) is 26.3 Å². The van der Waals surface area contributed by atoms with Gasteiger partial charge in [-0.1, -0.05) is 24.6 Å². The Hall–Kier alpha value is -0.600. The van der Waals surface area contributed by atoms with Crippen molar-refractivity contribution >= 4 is 11.6 Å². The molecule has 0 aromatic heterocycles. The van der Waals surface area contributed by atoms with Gasteiger partial charge in [-0.05, 0) is 37.4 Å². The third-order valence-electron chi connectivity index (χ3n) is 3.18. The summed E-state index contributed by atoms with van der Waals surface area (Å²) in [5.41, 5.74) is 0.637. The summed E-state index contributed by atoms with van der Waals surface area (Å²) in [5.74, 6) is 0.519. The van der Waals surface area contributed by atoms with E-state index in [1.54, 1.807) is 12.1 Å². The Kier molecular flexibility index (Phi) is 3.82. The lowest BCUT2D eigenvalue weighted by Gasteiger charge is -2.31. The zero-order valence-corrected chi connectivity index (χ0v) is 10.3. The second-order valence-corrected chi connectivity index (χ2v) is 5.09. The average molecular weight is 242 g/mol. The SMILES string of the molecule is CC1CCCN(Cc2c(F)cccc2Cl)C1. The van der Waals surface area contributed by atoms with E-state index in [-0.39, 0.29) is 5.82 Å². The van der Waals surface area contributed by atoms with E-state index in [0.29, 0.717) is 23.0 Å². The molecule has 1 aromatic rings. The molecule has 1 aliphatic rings. The lowest BCUT2D eigenvalue weighted by molar-refractivity contribution is 0.175. The number of piperidine rings is 1. The third kappa shape index (κ3) is 2.74. The van der Waals surface area contributed by atoms with E-state index < -0.39 is 0 Å². The smallest absolute Gasteiger partial charge is 0.129 e. The molecule has 1 aliphatic heterocycles. The minimum atomic E-state index is -0.189. The maximum absolute atomic E-state index is 13.6. The highest BCUT2D eigenvalue weighted by Crippen LogP contribution is 2.23. The molecule has 3 heteroatoms. The predicted molar refractivity (Wildman–Crippen MR) is 65.1 cm³/mol. The van der Waals surface area contributed by atoms with Gasteiger partial charge >= 0.3 is 0 Å². The quantitative estimate of drug-likeness (QED) is 0.763. The van der Waals surface area contributed by atoms with Crippen LogP contribution < -0.4 is 0 Å². The van der Waals surface area contributed by atoms with Gasteiger partial charge in [-0.2, -0.15) is 0 Å². The van der Waals surface area contributed by atoms with Gasteiger partial charge in [-0.3, -0.25) is 4.90 Å². The summed E-state index contributed by atoms with van der Waals surface area (Å²) in [6.45, 7) is 4.98. The fraction of sp³-hybridized carbons (Fsp3) is 0.538. The van der Waals surface area contributed by atoms with Crippen molar-refractivity contribution in [2.24, 2.45) is 5.92 Å². The Balaban J connectivity index is 2.08. The van der Waals surface area contributed by atoms with E-state index in [4.69, 9.17) is 11.6 Å². The molecule has 1 aromatic carbocycles. The van der Waals surface area contributed by atoms with Crippen molar-refractivity contribution in [3.05, 3.63) is 34.6 Å². The molecule has 0 aliphatic carbocycles. The highest BCUT2D eigenvalue weighted by atomic mass is 35.5. The van der Waals surface area contributed by atoms with Crippen LogP contribution in [-0.2, 0) is 6.54 Å². The first kappa shape index (κ1) is 11.9. The Labute approximate surface area is 101 Å². The summed E-state index contributed by atoms with van der Waals surface area (Å²) in [4.78, 5) is 2.29. The first-order chi connectivity index (χ1) is 7.66. The van der Waals surface area contributed by atoms with Crippen LogP contribution in [0, 0.1) is 11.7 Å². The zero-order valence-electron chi connectivity index (χ0n) is 9.55. The molecule has 88 valence electrons. The van der Waals surface area contributed by atoms with E-state index >= 15 is 0 Å². The first-order valence-electron chi connectivity index (χ1n) is 5.82. The lowest BCUT2D eigenvalue weighted by atomic mass is 10.00. The second-order valence-electron chi connectivity index (χ2n) is 4.68. The molecule has 2 rings (SSSR count). The number of hydrogen-bond donors (Lipinski definition) is 0. The van der Waals surface area contributed by atoms with Gasteiger partial charge in [0, 0.05) is 23.7 Å². The van der Waals surface area contributed by atoms with Crippen molar-refractivity contribution < 1.29 is 4.39 Å². The van der Waals surface area contributed by atoms with Crippen LogP contribution in [-0.4, -0.2) is 18.0 Å². The molecule has 0 radical (unpaired) electrons. The molecule has 1 heterocycles. The topological polar surface area (TPSA) is 3.24 Å². The van der Waals surface area contributed by atoms with E-state index in [2.05, 4.69) is 11.8 Å². The van der Waals surface area contributed by atoms with E-state index in [1.807, 2.05) is 0 Å². The number of rotatable bonds is 2. The van der Waals surface area contributed by atoms with Crippen molar-refractivity contribution in [1.82, 2.24) is 4.90 Å². The third-order valence-corrected chi connectivity index (χ3v) is 3.54. The number of likely N-dealkylation sites (tertiary alicyclic amines) is 1. The van der Waals surface area contributed by atoms with Crippen LogP contribution >= 0.6 is 11.6 Å². The highest BCUT2D eigenvalue weighted by Gasteiger charge is 2.18. The minimum Gasteiger partial charge on any atom is -0.299 e. The second kappa shape index (κ2) is 5.15. The Morgan fingerprint density at radius 1 is 1.50 bits per heavy atom. The molecule has 0 saturated carbocycles. The molecule has 0 bridgehead atoms. The molecule has 1 nitrogen and oxygen atoms in total. The van der Waals surface area contributed by atoms with Crippen LogP contribution in [0.25, 0.3) is 0 Å². The molecule has 16 heavy (non-hydrogen) atoms. The van der Waals surface area contributed by atoms with E-state index in [9.17, 15) is 4.39 Å². The number of halogens is 2. The Bertz CT molecular complexity index is 347. The van der Waals surface area contributed by atoms with Gasteiger partial charge in [0.1, 0.15) is 5.82 Å². The summed E-state index contributed by atoms with van der Waals surface area (Å²) in [5, 5.41) is 0.540. The van der Waals surface area contributed by atoms with Gasteiger partial charge in [0.05, 0.1) is 0 Å². The maximum Gasteiger partial charge on any atom is 0.129 e. The summed E-state index contributed by atoms with van der Waals surface area (Å²) in [7, 11) is 0. The van der Waals surface area contributed by atoms with Gasteiger partial charge in [-0.25, -0.2) is 4.39 Å². The maximum atomic E-state index is 13.6. The zero-order chi connectivity index (χ0) is 11.5. The number of nitrogens with zero attached hydrogens (tertiary/aromatic N) is 1.